The largest absolute Gasteiger partial charge is 0.497 e. The highest BCUT2D eigenvalue weighted by Crippen LogP contribution is 2.50. The minimum atomic E-state index is -0.291. The van der Waals surface area contributed by atoms with Crippen molar-refractivity contribution in [1.29, 1.82) is 0 Å². The number of Topliss-reactive ketones (excluding diaryl/α,β-unsaturated/α-hetero) is 1. The first kappa shape index (κ1) is 20.5. The van der Waals surface area contributed by atoms with E-state index >= 15 is 0 Å². The minimum absolute atomic E-state index is 0.124. The van der Waals surface area contributed by atoms with E-state index in [2.05, 4.69) is 19.2 Å². The van der Waals surface area contributed by atoms with Crippen molar-refractivity contribution in [2.45, 2.75) is 39.5 Å². The third-order valence-corrected chi connectivity index (χ3v) is 6.39. The number of carbonyl (C=O) groups is 1. The Kier molecular flexibility index (Phi) is 4.69. The van der Waals surface area contributed by atoms with Crippen molar-refractivity contribution in [2.24, 2.45) is 5.41 Å². The van der Waals surface area contributed by atoms with Crippen LogP contribution in [-0.4, -0.2) is 22.7 Å². The van der Waals surface area contributed by atoms with Crippen molar-refractivity contribution in [1.82, 2.24) is 9.78 Å². The third kappa shape index (κ3) is 3.30. The molecule has 0 saturated carbocycles. The maximum atomic E-state index is 13.5. The number of hydrogen-bond donors (Lipinski definition) is 1. The number of benzene rings is 2. The van der Waals surface area contributed by atoms with Crippen molar-refractivity contribution in [2.75, 3.05) is 12.4 Å². The van der Waals surface area contributed by atoms with Crippen LogP contribution in [0.15, 0.2) is 59.8 Å². The summed E-state index contributed by atoms with van der Waals surface area (Å²) in [7, 11) is 1.64. The van der Waals surface area contributed by atoms with Crippen molar-refractivity contribution in [3.8, 4) is 11.4 Å². The highest BCUT2D eigenvalue weighted by atomic mass is 19.1. The lowest BCUT2D eigenvalue weighted by Crippen LogP contribution is -2.34. The molecule has 5 nitrogen and oxygen atoms in total. The maximum absolute atomic E-state index is 13.5. The van der Waals surface area contributed by atoms with Crippen LogP contribution in [0.2, 0.25) is 0 Å². The first-order chi connectivity index (χ1) is 15.3. The molecule has 2 heterocycles. The Morgan fingerprint density at radius 1 is 1.09 bits per heavy atom. The van der Waals surface area contributed by atoms with Gasteiger partial charge in [0.05, 0.1) is 18.5 Å². The van der Waals surface area contributed by atoms with Crippen LogP contribution in [0.1, 0.15) is 49.4 Å². The number of aryl methyl sites for hydroxylation is 1. The van der Waals surface area contributed by atoms with Gasteiger partial charge in [0.15, 0.2) is 5.78 Å². The van der Waals surface area contributed by atoms with Gasteiger partial charge < -0.3 is 10.1 Å². The molecule has 0 radical (unpaired) electrons. The second-order valence-electron chi connectivity index (χ2n) is 9.40. The molecule has 32 heavy (non-hydrogen) atoms. The van der Waals surface area contributed by atoms with Gasteiger partial charge in [0.1, 0.15) is 17.4 Å². The van der Waals surface area contributed by atoms with Crippen LogP contribution >= 0.6 is 0 Å². The number of ketones is 1. The molecule has 0 saturated heterocycles. The summed E-state index contributed by atoms with van der Waals surface area (Å²) in [6, 6.07) is 14.2. The quantitative estimate of drug-likeness (QED) is 0.593. The van der Waals surface area contributed by atoms with Crippen LogP contribution in [0.4, 0.5) is 10.2 Å². The van der Waals surface area contributed by atoms with Gasteiger partial charge in [-0.15, -0.1) is 0 Å². The molecule has 5 rings (SSSR count). The van der Waals surface area contributed by atoms with E-state index in [4.69, 9.17) is 9.84 Å². The smallest absolute Gasteiger partial charge is 0.162 e. The first-order valence-electron chi connectivity index (χ1n) is 10.8. The topological polar surface area (TPSA) is 56.1 Å². The van der Waals surface area contributed by atoms with Crippen molar-refractivity contribution < 1.29 is 13.9 Å². The zero-order valence-corrected chi connectivity index (χ0v) is 18.7. The molecular formula is C26H26FN3O2. The van der Waals surface area contributed by atoms with E-state index < -0.39 is 0 Å². The summed E-state index contributed by atoms with van der Waals surface area (Å²) in [5.74, 6) is 1.26. The molecular weight excluding hydrogens is 405 g/mol. The highest BCUT2D eigenvalue weighted by Gasteiger charge is 2.42. The fourth-order valence-electron chi connectivity index (χ4n) is 4.97. The van der Waals surface area contributed by atoms with E-state index in [-0.39, 0.29) is 22.9 Å². The lowest BCUT2D eigenvalue weighted by Gasteiger charge is -2.38. The lowest BCUT2D eigenvalue weighted by atomic mass is 9.69. The van der Waals surface area contributed by atoms with E-state index in [9.17, 15) is 9.18 Å². The molecule has 3 aromatic rings. The van der Waals surface area contributed by atoms with Crippen LogP contribution in [0.25, 0.3) is 5.69 Å². The predicted molar refractivity (Wildman–Crippen MR) is 122 cm³/mol. The number of hydrogen-bond acceptors (Lipinski definition) is 4. The summed E-state index contributed by atoms with van der Waals surface area (Å²) in [5, 5.41) is 8.34. The Morgan fingerprint density at radius 2 is 1.78 bits per heavy atom. The average molecular weight is 432 g/mol. The molecule has 1 aliphatic carbocycles. The SMILES string of the molecule is COc1ccc([C@@H]2C3=C(CC(C)(C)CC3=O)Nc3c2c(C)nn3-c2ccc(F)cc2)cc1. The minimum Gasteiger partial charge on any atom is -0.497 e. The fourth-order valence-corrected chi connectivity index (χ4v) is 4.97. The molecule has 1 aromatic heterocycles. The van der Waals surface area contributed by atoms with E-state index in [1.165, 1.54) is 12.1 Å². The number of ether oxygens (including phenoxy) is 1. The number of allylic oxidation sites excluding steroid dienone is 2. The Hall–Kier alpha value is -3.41. The van der Waals surface area contributed by atoms with Gasteiger partial charge in [-0.25, -0.2) is 9.07 Å². The molecule has 2 aromatic carbocycles. The summed E-state index contributed by atoms with van der Waals surface area (Å²) >= 11 is 0. The number of nitrogens with one attached hydrogen (secondary N) is 1. The molecule has 1 atom stereocenters. The average Bonchev–Trinajstić information content (AvgIpc) is 3.08. The molecule has 0 bridgehead atoms. The van der Waals surface area contributed by atoms with Gasteiger partial charge in [-0.3, -0.25) is 4.79 Å². The second-order valence-corrected chi connectivity index (χ2v) is 9.40. The molecule has 6 heteroatoms. The lowest BCUT2D eigenvalue weighted by molar-refractivity contribution is -0.118. The van der Waals surface area contributed by atoms with Crippen LogP contribution in [0, 0.1) is 18.2 Å². The van der Waals surface area contributed by atoms with Gasteiger partial charge in [-0.05, 0) is 60.7 Å². The molecule has 164 valence electrons. The van der Waals surface area contributed by atoms with Gasteiger partial charge in [-0.1, -0.05) is 26.0 Å². The monoisotopic (exact) mass is 431 g/mol. The number of fused-ring (bicyclic) bond motifs is 1. The summed E-state index contributed by atoms with van der Waals surface area (Å²) in [4.78, 5) is 13.4. The van der Waals surface area contributed by atoms with Crippen molar-refractivity contribution >= 4 is 11.6 Å². The number of aromatic nitrogens is 2. The third-order valence-electron chi connectivity index (χ3n) is 6.39. The van der Waals surface area contributed by atoms with Crippen LogP contribution < -0.4 is 10.1 Å². The Bertz CT molecular complexity index is 1240. The fraction of sp³-hybridized carbons (Fsp3) is 0.308. The zero-order valence-electron chi connectivity index (χ0n) is 18.7. The normalized spacial score (nSPS) is 19.3. The molecule has 2 aliphatic rings. The Labute approximate surface area is 186 Å². The van der Waals surface area contributed by atoms with Gasteiger partial charge in [0.2, 0.25) is 0 Å². The van der Waals surface area contributed by atoms with E-state index in [0.29, 0.717) is 6.42 Å². The standard InChI is InChI=1S/C26H26FN3O2/c1-15-22-23(16-5-11-19(32-4)12-6-16)24-20(13-26(2,3)14-21(24)31)28-25(22)30(29-15)18-9-7-17(27)8-10-18/h5-12,23,28H,13-14H2,1-4H3/t23-/m0/s1. The van der Waals surface area contributed by atoms with E-state index in [1.807, 2.05) is 35.9 Å². The van der Waals surface area contributed by atoms with E-state index in [1.54, 1.807) is 19.2 Å². The van der Waals surface area contributed by atoms with Crippen LogP contribution in [0.3, 0.4) is 0 Å². The molecule has 0 spiro atoms. The second kappa shape index (κ2) is 7.33. The molecule has 1 N–H and O–H groups in total. The number of anilines is 1. The summed E-state index contributed by atoms with van der Waals surface area (Å²) in [6.07, 6.45) is 1.29. The van der Waals surface area contributed by atoms with Crippen LogP contribution in [-0.2, 0) is 4.79 Å². The summed E-state index contributed by atoms with van der Waals surface area (Å²) in [6.45, 7) is 6.20. The maximum Gasteiger partial charge on any atom is 0.162 e. The van der Waals surface area contributed by atoms with Gasteiger partial charge in [0, 0.05) is 29.2 Å². The molecule has 1 aliphatic heterocycles. The summed E-state index contributed by atoms with van der Waals surface area (Å²) < 4.78 is 20.7. The number of carbonyl (C=O) groups excluding carboxylic acids is 1. The van der Waals surface area contributed by atoms with Crippen LogP contribution in [0.5, 0.6) is 5.75 Å². The van der Waals surface area contributed by atoms with Gasteiger partial charge >= 0.3 is 0 Å². The molecule has 0 unspecified atom stereocenters. The predicted octanol–water partition coefficient (Wildman–Crippen LogP) is 5.53. The number of rotatable bonds is 3. The number of halogens is 1. The highest BCUT2D eigenvalue weighted by molar-refractivity contribution is 6.01. The number of methoxy groups -OCH3 is 1. The van der Waals surface area contributed by atoms with Gasteiger partial charge in [-0.2, -0.15) is 5.10 Å². The van der Waals surface area contributed by atoms with Gasteiger partial charge in [0.25, 0.3) is 0 Å². The van der Waals surface area contributed by atoms with Crippen molar-refractivity contribution in [3.05, 3.63) is 82.4 Å². The molecule has 0 amide bonds. The number of nitrogens with zero attached hydrogens (tertiary/aromatic N) is 2. The first-order valence-corrected chi connectivity index (χ1v) is 10.8. The molecule has 0 fully saturated rings. The van der Waals surface area contributed by atoms with Crippen molar-refractivity contribution in [3.63, 3.8) is 0 Å². The zero-order chi connectivity index (χ0) is 22.6. The Balaban J connectivity index is 1.73. The Morgan fingerprint density at radius 3 is 2.44 bits per heavy atom. The summed E-state index contributed by atoms with van der Waals surface area (Å²) in [5.41, 5.74) is 5.25. The van der Waals surface area contributed by atoms with E-state index in [0.717, 1.165) is 51.8 Å².